The van der Waals surface area contributed by atoms with Crippen LogP contribution in [0, 0.1) is 17.6 Å². The fraction of sp³-hybridized carbons (Fsp3) is 0.520. The average Bonchev–Trinajstić information content (AvgIpc) is 2.80. The molecule has 0 aliphatic heterocycles. The van der Waals surface area contributed by atoms with Gasteiger partial charge >= 0.3 is 12.5 Å². The Kier molecular flexibility index (Phi) is 8.67. The van der Waals surface area contributed by atoms with Gasteiger partial charge in [0.05, 0.1) is 6.61 Å². The van der Waals surface area contributed by atoms with Gasteiger partial charge < -0.3 is 9.47 Å². The molecule has 3 rings (SSSR count). The first-order valence-electron chi connectivity index (χ1n) is 11.4. The second-order valence-corrected chi connectivity index (χ2v) is 8.82. The van der Waals surface area contributed by atoms with Crippen LogP contribution in [0.3, 0.4) is 0 Å². The highest BCUT2D eigenvalue weighted by Crippen LogP contribution is 2.40. The zero-order valence-corrected chi connectivity index (χ0v) is 19.0. The molecule has 0 spiro atoms. The molecule has 2 aromatic carbocycles. The van der Waals surface area contributed by atoms with Crippen LogP contribution >= 0.6 is 0 Å². The van der Waals surface area contributed by atoms with Gasteiger partial charge in [-0.1, -0.05) is 44.0 Å². The van der Waals surface area contributed by atoms with Crippen molar-refractivity contribution in [3.8, 4) is 5.75 Å². The summed E-state index contributed by atoms with van der Waals surface area (Å²) in [6.07, 6.45) is -6.45. The van der Waals surface area contributed by atoms with Gasteiger partial charge in [0.25, 0.3) is 0 Å². The zero-order valence-electron chi connectivity index (χ0n) is 19.0. The molecule has 35 heavy (non-hydrogen) atoms. The predicted octanol–water partition coefficient (Wildman–Crippen LogP) is 8.76. The van der Waals surface area contributed by atoms with Gasteiger partial charge in [0.2, 0.25) is 11.9 Å². The number of hydrogen-bond acceptors (Lipinski definition) is 2. The largest absolute Gasteiger partial charge is 0.573 e. The first kappa shape index (κ1) is 27.2. The van der Waals surface area contributed by atoms with Gasteiger partial charge in [-0.15, -0.1) is 13.2 Å². The summed E-state index contributed by atoms with van der Waals surface area (Å²) >= 11 is 0. The Bertz CT molecular complexity index is 943. The van der Waals surface area contributed by atoms with Gasteiger partial charge in [0.15, 0.2) is 11.6 Å². The van der Waals surface area contributed by atoms with E-state index in [-0.39, 0.29) is 12.1 Å². The summed E-state index contributed by atoms with van der Waals surface area (Å²) in [5, 5.41) is 0. The van der Waals surface area contributed by atoms with Gasteiger partial charge in [-0.05, 0) is 60.8 Å². The zero-order chi connectivity index (χ0) is 25.8. The molecule has 194 valence electrons. The third-order valence-electron chi connectivity index (χ3n) is 6.25. The lowest BCUT2D eigenvalue weighted by Gasteiger charge is -2.28. The standard InChI is InChI=1S/C25H26F8O2/c1-2-3-15-4-8-17(9-5-15)18-10-6-16(7-11-18)14-34-24(29,30)23(28)19-12-20(26)22(21(27)13-19)35-25(31,32)33/h6-7,10-13,15,17,23H,2-5,8-9,14H2,1H3. The molecule has 0 bridgehead atoms. The molecule has 0 aromatic heterocycles. The molecule has 1 aliphatic carbocycles. The van der Waals surface area contributed by atoms with E-state index in [9.17, 15) is 35.1 Å². The molecule has 0 amide bonds. The third-order valence-corrected chi connectivity index (χ3v) is 6.25. The Morgan fingerprint density at radius 1 is 0.914 bits per heavy atom. The number of halogens is 8. The summed E-state index contributed by atoms with van der Waals surface area (Å²) < 4.78 is 115. The van der Waals surface area contributed by atoms with E-state index in [1.54, 1.807) is 12.1 Å². The van der Waals surface area contributed by atoms with Crippen LogP contribution in [0.1, 0.15) is 74.2 Å². The minimum atomic E-state index is -5.42. The monoisotopic (exact) mass is 510 g/mol. The van der Waals surface area contributed by atoms with Gasteiger partial charge in [0, 0.05) is 5.56 Å². The van der Waals surface area contributed by atoms with Crippen molar-refractivity contribution in [2.75, 3.05) is 0 Å². The van der Waals surface area contributed by atoms with Crippen molar-refractivity contribution >= 4 is 0 Å². The summed E-state index contributed by atoms with van der Waals surface area (Å²) in [7, 11) is 0. The van der Waals surface area contributed by atoms with E-state index in [1.165, 1.54) is 6.42 Å². The van der Waals surface area contributed by atoms with Crippen molar-refractivity contribution in [1.29, 1.82) is 0 Å². The van der Waals surface area contributed by atoms with Gasteiger partial charge in [-0.2, -0.15) is 8.78 Å². The summed E-state index contributed by atoms with van der Waals surface area (Å²) in [4.78, 5) is 0. The lowest BCUT2D eigenvalue weighted by molar-refractivity contribution is -0.282. The quantitative estimate of drug-likeness (QED) is 0.314. The molecule has 0 N–H and O–H groups in total. The Labute approximate surface area is 198 Å². The molecular weight excluding hydrogens is 484 g/mol. The topological polar surface area (TPSA) is 18.5 Å². The minimum Gasteiger partial charge on any atom is -0.399 e. The van der Waals surface area contributed by atoms with Crippen molar-refractivity contribution in [1.82, 2.24) is 0 Å². The maximum Gasteiger partial charge on any atom is 0.573 e. The smallest absolute Gasteiger partial charge is 0.399 e. The van der Waals surface area contributed by atoms with Crippen LogP contribution < -0.4 is 4.74 Å². The molecule has 10 heteroatoms. The highest BCUT2D eigenvalue weighted by molar-refractivity contribution is 5.33. The molecule has 2 nitrogen and oxygen atoms in total. The fourth-order valence-electron chi connectivity index (χ4n) is 4.46. The number of alkyl halides is 6. The first-order valence-corrected chi connectivity index (χ1v) is 11.4. The van der Waals surface area contributed by atoms with Crippen molar-refractivity contribution < 1.29 is 44.6 Å². The molecular formula is C25H26F8O2. The Hall–Kier alpha value is -2.36. The molecule has 0 saturated heterocycles. The third kappa shape index (κ3) is 7.32. The van der Waals surface area contributed by atoms with Gasteiger partial charge in [-0.25, -0.2) is 13.2 Å². The van der Waals surface area contributed by atoms with Crippen molar-refractivity contribution in [2.24, 2.45) is 5.92 Å². The van der Waals surface area contributed by atoms with E-state index >= 15 is 0 Å². The van der Waals surface area contributed by atoms with Crippen molar-refractivity contribution in [3.63, 3.8) is 0 Å². The lowest BCUT2D eigenvalue weighted by atomic mass is 9.77. The average molecular weight is 510 g/mol. The van der Waals surface area contributed by atoms with Gasteiger partial charge in [-0.3, -0.25) is 0 Å². The van der Waals surface area contributed by atoms with E-state index in [0.717, 1.165) is 43.6 Å². The fourth-order valence-corrected chi connectivity index (χ4v) is 4.46. The SMILES string of the molecule is CCCC1CCC(c2ccc(COC(F)(F)C(F)c3cc(F)c(OC(F)(F)F)c(F)c3)cc2)CC1. The first-order chi connectivity index (χ1) is 16.4. The molecule has 0 radical (unpaired) electrons. The maximum absolute atomic E-state index is 14.4. The molecule has 0 heterocycles. The Morgan fingerprint density at radius 2 is 1.49 bits per heavy atom. The van der Waals surface area contributed by atoms with E-state index in [4.69, 9.17) is 0 Å². The van der Waals surface area contributed by atoms with E-state index < -0.39 is 48.2 Å². The summed E-state index contributed by atoms with van der Waals surface area (Å²) in [5.41, 5.74) is 0.200. The van der Waals surface area contributed by atoms with Crippen LogP contribution in [0.25, 0.3) is 0 Å². The Morgan fingerprint density at radius 3 is 2.00 bits per heavy atom. The number of benzene rings is 2. The predicted molar refractivity (Wildman–Crippen MR) is 113 cm³/mol. The normalized spacial score (nSPS) is 20.0. The number of hydrogen-bond donors (Lipinski definition) is 0. The van der Waals surface area contributed by atoms with E-state index in [0.29, 0.717) is 11.5 Å². The van der Waals surface area contributed by atoms with E-state index in [1.807, 2.05) is 12.1 Å². The molecule has 1 saturated carbocycles. The summed E-state index contributed by atoms with van der Waals surface area (Å²) in [6, 6.07) is 6.85. The van der Waals surface area contributed by atoms with E-state index in [2.05, 4.69) is 16.4 Å². The van der Waals surface area contributed by atoms with Crippen molar-refractivity contribution in [3.05, 3.63) is 64.7 Å². The van der Waals surface area contributed by atoms with Gasteiger partial charge in [0.1, 0.15) is 0 Å². The Balaban J connectivity index is 1.60. The van der Waals surface area contributed by atoms with Crippen LogP contribution in [0.4, 0.5) is 35.1 Å². The molecule has 1 fully saturated rings. The van der Waals surface area contributed by atoms with Crippen LogP contribution in [0.2, 0.25) is 0 Å². The second kappa shape index (κ2) is 11.1. The lowest BCUT2D eigenvalue weighted by Crippen LogP contribution is -2.27. The number of rotatable bonds is 9. The van der Waals surface area contributed by atoms with Crippen LogP contribution in [0.15, 0.2) is 36.4 Å². The summed E-state index contributed by atoms with van der Waals surface area (Å²) in [5.74, 6) is -4.68. The van der Waals surface area contributed by atoms with Crippen molar-refractivity contribution in [2.45, 2.75) is 76.6 Å². The molecule has 1 unspecified atom stereocenters. The number of ether oxygens (including phenoxy) is 2. The summed E-state index contributed by atoms with van der Waals surface area (Å²) in [6.45, 7) is 1.48. The molecule has 1 atom stereocenters. The second-order valence-electron chi connectivity index (χ2n) is 8.82. The molecule has 2 aromatic rings. The highest BCUT2D eigenvalue weighted by Gasteiger charge is 2.44. The highest BCUT2D eigenvalue weighted by atomic mass is 19.4. The minimum absolute atomic E-state index is 0.0100. The maximum atomic E-state index is 14.4. The van der Waals surface area contributed by atoms with Crippen LogP contribution in [-0.4, -0.2) is 12.5 Å². The van der Waals surface area contributed by atoms with Crippen LogP contribution in [0.5, 0.6) is 5.75 Å². The van der Waals surface area contributed by atoms with Crippen LogP contribution in [-0.2, 0) is 11.3 Å². The molecule has 1 aliphatic rings.